The van der Waals surface area contributed by atoms with E-state index in [1.165, 1.54) is 6.07 Å². The zero-order chi connectivity index (χ0) is 18.2. The Morgan fingerprint density at radius 2 is 1.64 bits per heavy atom. The Bertz CT molecular complexity index is 1020. The van der Waals surface area contributed by atoms with E-state index in [4.69, 9.17) is 0 Å². The minimum atomic E-state index is -3.82. The van der Waals surface area contributed by atoms with Crippen LogP contribution in [0.1, 0.15) is 11.4 Å². The molecule has 0 aliphatic carbocycles. The Morgan fingerprint density at radius 1 is 1.00 bits per heavy atom. The van der Waals surface area contributed by atoms with Crippen LogP contribution in [0, 0.1) is 13.8 Å². The van der Waals surface area contributed by atoms with Crippen molar-refractivity contribution in [3.8, 4) is 0 Å². The van der Waals surface area contributed by atoms with Gasteiger partial charge in [0.2, 0.25) is 5.95 Å². The van der Waals surface area contributed by atoms with Gasteiger partial charge in [-0.25, -0.2) is 18.4 Å². The molecule has 8 heteroatoms. The van der Waals surface area contributed by atoms with E-state index >= 15 is 0 Å². The van der Waals surface area contributed by atoms with Gasteiger partial charge in [0.05, 0.1) is 22.6 Å². The van der Waals surface area contributed by atoms with Gasteiger partial charge >= 0.3 is 0 Å². The number of aromatic nitrogens is 3. The standard InChI is InChI=1S/C17H19N5O2S/c1-11-15(12(2)20-17(19-11)22(3)4)21-25(23,24)14-9-5-7-13-8-6-10-18-16(13)14/h5-10,21H,1-4H3. The van der Waals surface area contributed by atoms with Gasteiger partial charge in [-0.15, -0.1) is 0 Å². The van der Waals surface area contributed by atoms with Crippen molar-refractivity contribution >= 4 is 32.6 Å². The number of hydrogen-bond acceptors (Lipinski definition) is 6. The lowest BCUT2D eigenvalue weighted by molar-refractivity contribution is 0.601. The Morgan fingerprint density at radius 3 is 2.28 bits per heavy atom. The Kier molecular flexibility index (Phi) is 4.30. The third kappa shape index (κ3) is 3.25. The molecule has 0 bridgehead atoms. The van der Waals surface area contributed by atoms with Gasteiger partial charge in [-0.3, -0.25) is 9.71 Å². The van der Waals surface area contributed by atoms with Gasteiger partial charge in [-0.2, -0.15) is 0 Å². The number of sulfonamides is 1. The fourth-order valence-corrected chi connectivity index (χ4v) is 3.89. The van der Waals surface area contributed by atoms with Crippen molar-refractivity contribution in [3.63, 3.8) is 0 Å². The third-order valence-corrected chi connectivity index (χ3v) is 5.16. The molecular formula is C17H19N5O2S. The van der Waals surface area contributed by atoms with Gasteiger partial charge < -0.3 is 4.90 Å². The van der Waals surface area contributed by atoms with Crippen LogP contribution in [0.2, 0.25) is 0 Å². The summed E-state index contributed by atoms with van der Waals surface area (Å²) in [6.07, 6.45) is 1.58. The molecule has 1 aromatic carbocycles. The largest absolute Gasteiger partial charge is 0.347 e. The van der Waals surface area contributed by atoms with Gasteiger partial charge in [0.15, 0.2) is 0 Å². The highest BCUT2D eigenvalue weighted by atomic mass is 32.2. The van der Waals surface area contributed by atoms with Crippen molar-refractivity contribution in [2.24, 2.45) is 0 Å². The van der Waals surface area contributed by atoms with Crippen molar-refractivity contribution in [2.75, 3.05) is 23.7 Å². The Labute approximate surface area is 146 Å². The summed E-state index contributed by atoms with van der Waals surface area (Å²) in [7, 11) is -0.158. The first-order valence-electron chi connectivity index (χ1n) is 7.69. The van der Waals surface area contributed by atoms with Gasteiger partial charge in [0.1, 0.15) is 4.90 Å². The summed E-state index contributed by atoms with van der Waals surface area (Å²) in [5.74, 6) is 0.532. The smallest absolute Gasteiger partial charge is 0.264 e. The van der Waals surface area contributed by atoms with E-state index in [2.05, 4.69) is 19.7 Å². The van der Waals surface area contributed by atoms with Crippen LogP contribution in [0.15, 0.2) is 41.4 Å². The molecule has 1 N–H and O–H groups in total. The summed E-state index contributed by atoms with van der Waals surface area (Å²) < 4.78 is 28.5. The molecule has 7 nitrogen and oxygen atoms in total. The molecule has 0 saturated heterocycles. The molecule has 0 fully saturated rings. The minimum absolute atomic E-state index is 0.126. The molecule has 0 aliphatic heterocycles. The second kappa shape index (κ2) is 6.29. The van der Waals surface area contributed by atoms with Crippen molar-refractivity contribution in [1.29, 1.82) is 0 Å². The third-order valence-electron chi connectivity index (χ3n) is 3.78. The van der Waals surface area contributed by atoms with Gasteiger partial charge in [0, 0.05) is 25.7 Å². The first-order valence-corrected chi connectivity index (χ1v) is 9.17. The SMILES string of the molecule is Cc1nc(N(C)C)nc(C)c1NS(=O)(=O)c1cccc2cccnc12. The average Bonchev–Trinajstić information content (AvgIpc) is 2.57. The molecule has 3 rings (SSSR count). The molecule has 0 saturated carbocycles. The molecule has 0 radical (unpaired) electrons. The summed E-state index contributed by atoms with van der Waals surface area (Å²) >= 11 is 0. The van der Waals surface area contributed by atoms with E-state index in [9.17, 15) is 8.42 Å². The van der Waals surface area contributed by atoms with Crippen LogP contribution in [0.3, 0.4) is 0 Å². The molecule has 0 amide bonds. The van der Waals surface area contributed by atoms with E-state index in [1.54, 1.807) is 37.1 Å². The number of pyridine rings is 1. The topological polar surface area (TPSA) is 88.1 Å². The van der Waals surface area contributed by atoms with Crippen LogP contribution in [-0.2, 0) is 10.0 Å². The van der Waals surface area contributed by atoms with Crippen LogP contribution >= 0.6 is 0 Å². The molecular weight excluding hydrogens is 338 g/mol. The summed E-state index contributed by atoms with van der Waals surface area (Å²) in [6.45, 7) is 3.50. The average molecular weight is 357 g/mol. The molecule has 2 heterocycles. The van der Waals surface area contributed by atoms with Crippen LogP contribution < -0.4 is 9.62 Å². The maximum absolute atomic E-state index is 12.9. The van der Waals surface area contributed by atoms with Gasteiger partial charge in [-0.05, 0) is 26.0 Å². The number of benzene rings is 1. The maximum atomic E-state index is 12.9. The molecule has 0 aliphatic rings. The number of para-hydroxylation sites is 1. The second-order valence-electron chi connectivity index (χ2n) is 5.90. The maximum Gasteiger partial charge on any atom is 0.264 e. The predicted octanol–water partition coefficient (Wildman–Crippen LogP) is 2.51. The normalized spacial score (nSPS) is 11.5. The fraction of sp³-hybridized carbons (Fsp3) is 0.235. The van der Waals surface area contributed by atoms with E-state index in [1.807, 2.05) is 26.2 Å². The zero-order valence-corrected chi connectivity index (χ0v) is 15.3. The number of rotatable bonds is 4. The molecule has 130 valence electrons. The van der Waals surface area contributed by atoms with Crippen molar-refractivity contribution in [2.45, 2.75) is 18.7 Å². The van der Waals surface area contributed by atoms with Crippen LogP contribution in [0.25, 0.3) is 10.9 Å². The molecule has 3 aromatic rings. The monoisotopic (exact) mass is 357 g/mol. The molecule has 0 atom stereocenters. The number of nitrogens with zero attached hydrogens (tertiary/aromatic N) is 4. The number of anilines is 2. The van der Waals surface area contributed by atoms with E-state index in [0.717, 1.165) is 5.39 Å². The molecule has 2 aromatic heterocycles. The molecule has 25 heavy (non-hydrogen) atoms. The van der Waals surface area contributed by atoms with Crippen molar-refractivity contribution < 1.29 is 8.42 Å². The van der Waals surface area contributed by atoms with Crippen LogP contribution in [0.4, 0.5) is 11.6 Å². The van der Waals surface area contributed by atoms with Crippen molar-refractivity contribution in [1.82, 2.24) is 15.0 Å². The highest BCUT2D eigenvalue weighted by Gasteiger charge is 2.21. The highest BCUT2D eigenvalue weighted by Crippen LogP contribution is 2.26. The lowest BCUT2D eigenvalue weighted by Gasteiger charge is -2.16. The minimum Gasteiger partial charge on any atom is -0.347 e. The van der Waals surface area contributed by atoms with E-state index in [0.29, 0.717) is 28.5 Å². The van der Waals surface area contributed by atoms with Crippen LogP contribution in [0.5, 0.6) is 0 Å². The lowest BCUT2D eigenvalue weighted by atomic mass is 10.2. The predicted molar refractivity (Wildman–Crippen MR) is 98.4 cm³/mol. The highest BCUT2D eigenvalue weighted by molar-refractivity contribution is 7.93. The number of nitrogens with one attached hydrogen (secondary N) is 1. The summed E-state index contributed by atoms with van der Waals surface area (Å²) in [4.78, 5) is 14.8. The summed E-state index contributed by atoms with van der Waals surface area (Å²) in [5.41, 5.74) is 1.94. The zero-order valence-electron chi connectivity index (χ0n) is 14.5. The molecule has 0 unspecified atom stereocenters. The molecule has 0 spiro atoms. The number of fused-ring (bicyclic) bond motifs is 1. The fourth-order valence-electron chi connectivity index (χ4n) is 2.53. The number of aryl methyl sites for hydroxylation is 2. The van der Waals surface area contributed by atoms with E-state index < -0.39 is 10.0 Å². The van der Waals surface area contributed by atoms with Gasteiger partial charge in [0.25, 0.3) is 10.0 Å². The summed E-state index contributed by atoms with van der Waals surface area (Å²) in [6, 6.07) is 8.66. The van der Waals surface area contributed by atoms with Crippen LogP contribution in [-0.4, -0.2) is 37.5 Å². The number of hydrogen-bond donors (Lipinski definition) is 1. The van der Waals surface area contributed by atoms with Crippen molar-refractivity contribution in [3.05, 3.63) is 47.9 Å². The summed E-state index contributed by atoms with van der Waals surface area (Å²) in [5, 5.41) is 0.762. The second-order valence-corrected chi connectivity index (χ2v) is 7.55. The lowest BCUT2D eigenvalue weighted by Crippen LogP contribution is -2.19. The van der Waals surface area contributed by atoms with Gasteiger partial charge in [-0.1, -0.05) is 18.2 Å². The first kappa shape index (κ1) is 17.1. The van der Waals surface area contributed by atoms with E-state index in [-0.39, 0.29) is 4.90 Å². The Hall–Kier alpha value is -2.74. The first-order chi connectivity index (χ1) is 11.8. The quantitative estimate of drug-likeness (QED) is 0.772. The Balaban J connectivity index is 2.08.